The summed E-state index contributed by atoms with van der Waals surface area (Å²) in [6.45, 7) is 0. The highest BCUT2D eigenvalue weighted by molar-refractivity contribution is 6.36. The normalized spacial score (nSPS) is 10.2. The molecule has 0 unspecified atom stereocenters. The Bertz CT molecular complexity index is 644. The maximum absolute atomic E-state index is 11.9. The summed E-state index contributed by atoms with van der Waals surface area (Å²) >= 11 is 11.7. The fourth-order valence-electron chi connectivity index (χ4n) is 1.45. The molecule has 0 aliphatic rings. The molecule has 2 aromatic carbocycles. The first kappa shape index (κ1) is 13.5. The van der Waals surface area contributed by atoms with Gasteiger partial charge in [-0.15, -0.1) is 0 Å². The molecular formula is C13H9Cl2NO3. The summed E-state index contributed by atoms with van der Waals surface area (Å²) in [5.74, 6) is -1.12. The van der Waals surface area contributed by atoms with Gasteiger partial charge in [-0.05, 0) is 36.4 Å². The van der Waals surface area contributed by atoms with Crippen LogP contribution in [0.5, 0.6) is 11.5 Å². The molecule has 98 valence electrons. The van der Waals surface area contributed by atoms with Gasteiger partial charge in [0.15, 0.2) is 11.5 Å². The lowest BCUT2D eigenvalue weighted by molar-refractivity contribution is 0.102. The van der Waals surface area contributed by atoms with Crippen LogP contribution in [0.2, 0.25) is 10.0 Å². The van der Waals surface area contributed by atoms with Crippen molar-refractivity contribution in [3.63, 3.8) is 0 Å². The number of phenols is 2. The van der Waals surface area contributed by atoms with E-state index in [-0.39, 0.29) is 17.1 Å². The highest BCUT2D eigenvalue weighted by Crippen LogP contribution is 2.28. The van der Waals surface area contributed by atoms with Crippen LogP contribution in [0.4, 0.5) is 5.69 Å². The molecule has 19 heavy (non-hydrogen) atoms. The molecule has 3 N–H and O–H groups in total. The molecule has 4 nitrogen and oxygen atoms in total. The van der Waals surface area contributed by atoms with E-state index in [2.05, 4.69) is 5.32 Å². The van der Waals surface area contributed by atoms with Gasteiger partial charge in [-0.25, -0.2) is 0 Å². The smallest absolute Gasteiger partial charge is 0.255 e. The lowest BCUT2D eigenvalue weighted by Crippen LogP contribution is -2.11. The highest BCUT2D eigenvalue weighted by Gasteiger charge is 2.11. The molecule has 0 heterocycles. The molecule has 0 aliphatic carbocycles. The Labute approximate surface area is 119 Å². The maximum Gasteiger partial charge on any atom is 0.255 e. The van der Waals surface area contributed by atoms with Gasteiger partial charge in [0.1, 0.15) is 0 Å². The number of carbonyl (C=O) groups is 1. The summed E-state index contributed by atoms with van der Waals surface area (Å²) in [4.78, 5) is 11.9. The summed E-state index contributed by atoms with van der Waals surface area (Å²) in [5.41, 5.74) is 0.602. The van der Waals surface area contributed by atoms with E-state index in [0.717, 1.165) is 6.07 Å². The summed E-state index contributed by atoms with van der Waals surface area (Å²) in [6.07, 6.45) is 0. The molecule has 0 atom stereocenters. The average molecular weight is 298 g/mol. The number of phenolic OH excluding ortho intramolecular Hbond substituents is 2. The number of rotatable bonds is 2. The van der Waals surface area contributed by atoms with Crippen LogP contribution in [0.25, 0.3) is 0 Å². The summed E-state index contributed by atoms with van der Waals surface area (Å²) in [7, 11) is 0. The summed E-state index contributed by atoms with van der Waals surface area (Å²) in [6, 6.07) is 8.45. The van der Waals surface area contributed by atoms with Gasteiger partial charge < -0.3 is 15.5 Å². The number of hydrogen-bond acceptors (Lipinski definition) is 3. The van der Waals surface area contributed by atoms with E-state index in [4.69, 9.17) is 23.2 Å². The van der Waals surface area contributed by atoms with Crippen LogP contribution in [0.15, 0.2) is 36.4 Å². The molecule has 1 amide bonds. The number of anilines is 1. The summed E-state index contributed by atoms with van der Waals surface area (Å²) in [5, 5.41) is 21.9. The molecule has 0 fully saturated rings. The Balaban J connectivity index is 2.23. The predicted octanol–water partition coefficient (Wildman–Crippen LogP) is 3.66. The molecule has 0 saturated heterocycles. The maximum atomic E-state index is 11.9. The average Bonchev–Trinajstić information content (AvgIpc) is 2.36. The molecule has 0 bridgehead atoms. The SMILES string of the molecule is O=C(Nc1ccc(Cl)cc1Cl)c1ccc(O)c(O)c1. The minimum Gasteiger partial charge on any atom is -0.504 e. The monoisotopic (exact) mass is 297 g/mol. The molecule has 2 rings (SSSR count). The Kier molecular flexibility index (Phi) is 3.83. The van der Waals surface area contributed by atoms with Gasteiger partial charge in [-0.1, -0.05) is 23.2 Å². The molecule has 0 aromatic heterocycles. The van der Waals surface area contributed by atoms with Crippen molar-refractivity contribution in [1.82, 2.24) is 0 Å². The lowest BCUT2D eigenvalue weighted by Gasteiger charge is -2.08. The van der Waals surface area contributed by atoms with E-state index in [1.807, 2.05) is 0 Å². The van der Waals surface area contributed by atoms with Crippen molar-refractivity contribution >= 4 is 34.8 Å². The quantitative estimate of drug-likeness (QED) is 0.741. The first-order chi connectivity index (χ1) is 8.97. The van der Waals surface area contributed by atoms with E-state index in [1.165, 1.54) is 18.2 Å². The fourth-order valence-corrected chi connectivity index (χ4v) is 1.91. The zero-order valence-corrected chi connectivity index (χ0v) is 11.0. The Morgan fingerprint density at radius 1 is 1.00 bits per heavy atom. The number of hydrogen-bond donors (Lipinski definition) is 3. The Hall–Kier alpha value is -1.91. The molecule has 0 spiro atoms. The highest BCUT2D eigenvalue weighted by atomic mass is 35.5. The van der Waals surface area contributed by atoms with Crippen molar-refractivity contribution in [2.24, 2.45) is 0 Å². The Morgan fingerprint density at radius 2 is 1.74 bits per heavy atom. The predicted molar refractivity (Wildman–Crippen MR) is 74.2 cm³/mol. The van der Waals surface area contributed by atoms with Gasteiger partial charge in [0.25, 0.3) is 5.91 Å². The minimum atomic E-state index is -0.459. The molecule has 0 radical (unpaired) electrons. The number of halogens is 2. The first-order valence-corrected chi connectivity index (χ1v) is 6.01. The minimum absolute atomic E-state index is 0.196. The molecule has 0 aliphatic heterocycles. The van der Waals surface area contributed by atoms with E-state index in [0.29, 0.717) is 15.7 Å². The van der Waals surface area contributed by atoms with E-state index in [9.17, 15) is 15.0 Å². The van der Waals surface area contributed by atoms with Gasteiger partial charge >= 0.3 is 0 Å². The largest absolute Gasteiger partial charge is 0.504 e. The van der Waals surface area contributed by atoms with E-state index < -0.39 is 5.91 Å². The van der Waals surface area contributed by atoms with Gasteiger partial charge in [0, 0.05) is 10.6 Å². The molecule has 2 aromatic rings. The fraction of sp³-hybridized carbons (Fsp3) is 0. The third-order valence-corrected chi connectivity index (χ3v) is 2.96. The van der Waals surface area contributed by atoms with Crippen molar-refractivity contribution in [1.29, 1.82) is 0 Å². The third-order valence-electron chi connectivity index (χ3n) is 2.42. The third kappa shape index (κ3) is 3.10. The van der Waals surface area contributed by atoms with Crippen LogP contribution in [0, 0.1) is 0 Å². The Morgan fingerprint density at radius 3 is 2.37 bits per heavy atom. The zero-order chi connectivity index (χ0) is 14.0. The standard InChI is InChI=1S/C13H9Cl2NO3/c14-8-2-3-10(9(15)6-8)16-13(19)7-1-4-11(17)12(18)5-7/h1-6,17-18H,(H,16,19). The number of nitrogens with one attached hydrogen (secondary N) is 1. The van der Waals surface area contributed by atoms with Crippen molar-refractivity contribution in [3.05, 3.63) is 52.0 Å². The lowest BCUT2D eigenvalue weighted by atomic mass is 10.2. The van der Waals surface area contributed by atoms with Crippen LogP contribution in [0.3, 0.4) is 0 Å². The van der Waals surface area contributed by atoms with Gasteiger partial charge in [0.05, 0.1) is 10.7 Å². The van der Waals surface area contributed by atoms with E-state index in [1.54, 1.807) is 12.1 Å². The van der Waals surface area contributed by atoms with Gasteiger partial charge in [0.2, 0.25) is 0 Å². The number of benzene rings is 2. The topological polar surface area (TPSA) is 69.6 Å². The summed E-state index contributed by atoms with van der Waals surface area (Å²) < 4.78 is 0. The first-order valence-electron chi connectivity index (χ1n) is 5.26. The van der Waals surface area contributed by atoms with Crippen molar-refractivity contribution < 1.29 is 15.0 Å². The number of carbonyl (C=O) groups excluding carboxylic acids is 1. The van der Waals surface area contributed by atoms with Crippen molar-refractivity contribution in [2.75, 3.05) is 5.32 Å². The zero-order valence-electron chi connectivity index (χ0n) is 9.52. The van der Waals surface area contributed by atoms with Crippen LogP contribution < -0.4 is 5.32 Å². The molecule has 0 saturated carbocycles. The van der Waals surface area contributed by atoms with Crippen LogP contribution >= 0.6 is 23.2 Å². The second-order valence-electron chi connectivity index (χ2n) is 3.78. The van der Waals surface area contributed by atoms with Crippen molar-refractivity contribution in [3.8, 4) is 11.5 Å². The second kappa shape index (κ2) is 5.38. The number of amides is 1. The number of aromatic hydroxyl groups is 2. The van der Waals surface area contributed by atoms with Gasteiger partial charge in [-0.3, -0.25) is 4.79 Å². The van der Waals surface area contributed by atoms with Gasteiger partial charge in [-0.2, -0.15) is 0 Å². The van der Waals surface area contributed by atoms with Crippen LogP contribution in [0.1, 0.15) is 10.4 Å². The molecular weight excluding hydrogens is 289 g/mol. The van der Waals surface area contributed by atoms with Crippen LogP contribution in [-0.2, 0) is 0 Å². The van der Waals surface area contributed by atoms with Crippen LogP contribution in [-0.4, -0.2) is 16.1 Å². The van der Waals surface area contributed by atoms with E-state index >= 15 is 0 Å². The van der Waals surface area contributed by atoms with Crippen molar-refractivity contribution in [2.45, 2.75) is 0 Å². The second-order valence-corrected chi connectivity index (χ2v) is 4.63. The molecule has 6 heteroatoms.